The maximum absolute atomic E-state index is 11.7. The molecule has 1 amide bonds. The summed E-state index contributed by atoms with van der Waals surface area (Å²) in [5, 5.41) is 3.24. The molecule has 0 aliphatic heterocycles. The fraction of sp³-hybridized carbons (Fsp3) is 0.333. The molecule has 0 fully saturated rings. The Kier molecular flexibility index (Phi) is 5.18. The number of imidazole rings is 1. The minimum Gasteiger partial charge on any atom is -0.353 e. The van der Waals surface area contributed by atoms with Crippen molar-refractivity contribution < 1.29 is 4.79 Å². The predicted molar refractivity (Wildman–Crippen MR) is 81.8 cm³/mol. The number of rotatable bonds is 6. The Hall–Kier alpha value is -1.81. The molecule has 0 atom stereocenters. The molecule has 0 aromatic carbocycles. The molecule has 1 N–H and O–H groups in total. The number of amides is 1. The number of carbonyl (C=O) groups is 1. The third-order valence-corrected chi connectivity index (χ3v) is 3.27. The summed E-state index contributed by atoms with van der Waals surface area (Å²) in [6.07, 6.45) is 8.33. The van der Waals surface area contributed by atoms with Crippen molar-refractivity contribution in [1.82, 2.24) is 14.7 Å². The van der Waals surface area contributed by atoms with E-state index in [1.54, 1.807) is 6.08 Å². The van der Waals surface area contributed by atoms with Crippen LogP contribution in [0.3, 0.4) is 0 Å². The molecule has 4 nitrogen and oxygen atoms in total. The summed E-state index contributed by atoms with van der Waals surface area (Å²) in [5.41, 5.74) is 1.48. The molecule has 0 spiro atoms. The molecular formula is C15H18ClN3O. The summed E-state index contributed by atoms with van der Waals surface area (Å²) < 4.78 is 1.85. The van der Waals surface area contributed by atoms with Gasteiger partial charge in [-0.1, -0.05) is 37.4 Å². The maximum Gasteiger partial charge on any atom is 0.244 e. The largest absolute Gasteiger partial charge is 0.353 e. The lowest BCUT2D eigenvalue weighted by Crippen LogP contribution is -2.21. The maximum atomic E-state index is 11.7. The van der Waals surface area contributed by atoms with Crippen molar-refractivity contribution in [1.29, 1.82) is 0 Å². The van der Waals surface area contributed by atoms with Crippen molar-refractivity contribution in [2.75, 3.05) is 6.54 Å². The highest BCUT2D eigenvalue weighted by atomic mass is 35.5. The molecule has 0 saturated heterocycles. The van der Waals surface area contributed by atoms with Gasteiger partial charge in [-0.25, -0.2) is 4.98 Å². The number of carbonyl (C=O) groups excluding carboxylic acids is 1. The monoisotopic (exact) mass is 291 g/mol. The number of unbranched alkanes of at least 4 members (excludes halogenated alkanes) is 2. The molecule has 106 valence electrons. The minimum absolute atomic E-state index is 0.108. The van der Waals surface area contributed by atoms with Gasteiger partial charge < -0.3 is 5.32 Å². The Balaban J connectivity index is 2.02. The van der Waals surface area contributed by atoms with E-state index in [-0.39, 0.29) is 5.91 Å². The van der Waals surface area contributed by atoms with Gasteiger partial charge in [0.05, 0.1) is 5.69 Å². The normalized spacial score (nSPS) is 11.3. The van der Waals surface area contributed by atoms with E-state index in [1.165, 1.54) is 6.08 Å². The second-order valence-corrected chi connectivity index (χ2v) is 4.91. The van der Waals surface area contributed by atoms with Crippen LogP contribution in [0, 0.1) is 0 Å². The van der Waals surface area contributed by atoms with Crippen LogP contribution in [0.25, 0.3) is 11.7 Å². The lowest BCUT2D eigenvalue weighted by atomic mass is 10.2. The fourth-order valence-corrected chi connectivity index (χ4v) is 2.18. The van der Waals surface area contributed by atoms with E-state index in [4.69, 9.17) is 11.6 Å². The van der Waals surface area contributed by atoms with E-state index >= 15 is 0 Å². The highest BCUT2D eigenvalue weighted by Crippen LogP contribution is 2.18. The SMILES string of the molecule is CCCCCNC(=O)/C=C/c1c(Cl)nc2ccccn12. The van der Waals surface area contributed by atoms with Gasteiger partial charge in [-0.15, -0.1) is 0 Å². The van der Waals surface area contributed by atoms with E-state index in [2.05, 4.69) is 17.2 Å². The number of hydrogen-bond donors (Lipinski definition) is 1. The van der Waals surface area contributed by atoms with Gasteiger partial charge in [-0.3, -0.25) is 9.20 Å². The first-order valence-electron chi connectivity index (χ1n) is 6.81. The first-order chi connectivity index (χ1) is 9.72. The molecule has 2 aromatic heterocycles. The van der Waals surface area contributed by atoms with Crippen LogP contribution in [0.1, 0.15) is 31.9 Å². The van der Waals surface area contributed by atoms with Gasteiger partial charge in [0, 0.05) is 18.8 Å². The van der Waals surface area contributed by atoms with Gasteiger partial charge in [-0.05, 0) is 24.6 Å². The molecule has 0 aliphatic carbocycles. The lowest BCUT2D eigenvalue weighted by Gasteiger charge is -2.00. The standard InChI is InChI=1S/C15H18ClN3O/c1-2-3-5-10-17-14(20)9-8-12-15(16)18-13-7-4-6-11-19(12)13/h4,6-9,11H,2-3,5,10H2,1H3,(H,17,20)/b9-8+. The van der Waals surface area contributed by atoms with E-state index in [1.807, 2.05) is 28.8 Å². The van der Waals surface area contributed by atoms with Crippen molar-refractivity contribution in [3.63, 3.8) is 0 Å². The van der Waals surface area contributed by atoms with Crippen LogP contribution >= 0.6 is 11.6 Å². The molecule has 5 heteroatoms. The quantitative estimate of drug-likeness (QED) is 0.655. The summed E-state index contributed by atoms with van der Waals surface area (Å²) in [6, 6.07) is 5.66. The number of nitrogens with one attached hydrogen (secondary N) is 1. The van der Waals surface area contributed by atoms with Crippen molar-refractivity contribution in [2.24, 2.45) is 0 Å². The molecule has 20 heavy (non-hydrogen) atoms. The summed E-state index contributed by atoms with van der Waals surface area (Å²) in [5.74, 6) is -0.108. The number of pyridine rings is 1. The van der Waals surface area contributed by atoms with Crippen LogP contribution in [0.4, 0.5) is 0 Å². The molecule has 0 aliphatic rings. The molecule has 0 bridgehead atoms. The molecule has 0 saturated carbocycles. The third-order valence-electron chi connectivity index (χ3n) is 2.99. The molecule has 0 unspecified atom stereocenters. The highest BCUT2D eigenvalue weighted by Gasteiger charge is 2.06. The van der Waals surface area contributed by atoms with Crippen molar-refractivity contribution in [3.8, 4) is 0 Å². The van der Waals surface area contributed by atoms with Crippen LogP contribution < -0.4 is 5.32 Å². The summed E-state index contributed by atoms with van der Waals surface area (Å²) in [6.45, 7) is 2.84. The van der Waals surface area contributed by atoms with Crippen molar-refractivity contribution in [2.45, 2.75) is 26.2 Å². The first-order valence-corrected chi connectivity index (χ1v) is 7.18. The Morgan fingerprint density at radius 2 is 2.30 bits per heavy atom. The Morgan fingerprint density at radius 3 is 3.10 bits per heavy atom. The zero-order valence-electron chi connectivity index (χ0n) is 11.5. The number of hydrogen-bond acceptors (Lipinski definition) is 2. The van der Waals surface area contributed by atoms with Crippen LogP contribution in [0.5, 0.6) is 0 Å². The zero-order chi connectivity index (χ0) is 14.4. The van der Waals surface area contributed by atoms with Crippen molar-refractivity contribution >= 4 is 29.2 Å². The smallest absolute Gasteiger partial charge is 0.244 e. The van der Waals surface area contributed by atoms with Gasteiger partial charge in [-0.2, -0.15) is 0 Å². The van der Waals surface area contributed by atoms with Crippen molar-refractivity contribution in [3.05, 3.63) is 41.3 Å². The minimum atomic E-state index is -0.108. The van der Waals surface area contributed by atoms with Gasteiger partial charge in [0.2, 0.25) is 5.91 Å². The van der Waals surface area contributed by atoms with Gasteiger partial charge in [0.25, 0.3) is 0 Å². The zero-order valence-corrected chi connectivity index (χ0v) is 12.2. The summed E-state index contributed by atoms with van der Waals surface area (Å²) in [7, 11) is 0. The van der Waals surface area contributed by atoms with E-state index in [0.29, 0.717) is 17.4 Å². The third kappa shape index (κ3) is 3.61. The highest BCUT2D eigenvalue weighted by molar-refractivity contribution is 6.31. The predicted octanol–water partition coefficient (Wildman–Crippen LogP) is 3.31. The molecule has 2 aromatic rings. The van der Waals surface area contributed by atoms with E-state index in [9.17, 15) is 4.79 Å². The molecule has 0 radical (unpaired) electrons. The topological polar surface area (TPSA) is 46.4 Å². The van der Waals surface area contributed by atoms with E-state index < -0.39 is 0 Å². The molecule has 2 heterocycles. The summed E-state index contributed by atoms with van der Waals surface area (Å²) >= 11 is 6.08. The number of aromatic nitrogens is 2. The molecule has 2 rings (SSSR count). The van der Waals surface area contributed by atoms with Gasteiger partial charge >= 0.3 is 0 Å². The second kappa shape index (κ2) is 7.10. The Bertz CT molecular complexity index is 619. The van der Waals surface area contributed by atoms with Crippen LogP contribution in [0.2, 0.25) is 5.15 Å². The second-order valence-electron chi connectivity index (χ2n) is 4.55. The average Bonchev–Trinajstić information content (AvgIpc) is 2.77. The van der Waals surface area contributed by atoms with Gasteiger partial charge in [0.15, 0.2) is 5.15 Å². The number of fused-ring (bicyclic) bond motifs is 1. The first kappa shape index (κ1) is 14.6. The van der Waals surface area contributed by atoms with Crippen LogP contribution in [-0.2, 0) is 4.79 Å². The molecular weight excluding hydrogens is 274 g/mol. The van der Waals surface area contributed by atoms with Crippen LogP contribution in [-0.4, -0.2) is 21.8 Å². The lowest BCUT2D eigenvalue weighted by molar-refractivity contribution is -0.116. The van der Waals surface area contributed by atoms with E-state index in [0.717, 1.165) is 24.9 Å². The number of nitrogens with zero attached hydrogens (tertiary/aromatic N) is 2. The Labute approximate surface area is 123 Å². The number of halogens is 1. The summed E-state index contributed by atoms with van der Waals surface area (Å²) in [4.78, 5) is 15.9. The van der Waals surface area contributed by atoms with Crippen LogP contribution in [0.15, 0.2) is 30.5 Å². The fourth-order valence-electron chi connectivity index (χ4n) is 1.94. The average molecular weight is 292 g/mol. The van der Waals surface area contributed by atoms with Gasteiger partial charge in [0.1, 0.15) is 5.65 Å². The Morgan fingerprint density at radius 1 is 1.45 bits per heavy atom.